The van der Waals surface area contributed by atoms with Gasteiger partial charge in [-0.25, -0.2) is 0 Å². The van der Waals surface area contributed by atoms with Crippen LogP contribution in [-0.4, -0.2) is 25.4 Å². The van der Waals surface area contributed by atoms with E-state index in [1.165, 1.54) is 0 Å². The van der Waals surface area contributed by atoms with E-state index in [-0.39, 0.29) is 0 Å². The highest BCUT2D eigenvalue weighted by atomic mass is 16.1. The third kappa shape index (κ3) is 4.12. The molecule has 0 aliphatic heterocycles. The third-order valence-electron chi connectivity index (χ3n) is 1.18. The molecule has 0 amide bonds. The largest absolute Gasteiger partial charge is 0.320 e. The fourth-order valence-corrected chi connectivity index (χ4v) is 0.453. The van der Waals surface area contributed by atoms with E-state index < -0.39 is 5.54 Å². The summed E-state index contributed by atoms with van der Waals surface area (Å²) in [6, 6.07) is 0. The normalized spacial score (nSPS) is 16.8. The van der Waals surface area contributed by atoms with Crippen molar-refractivity contribution in [1.82, 2.24) is 5.32 Å². The van der Waals surface area contributed by atoms with Crippen LogP contribution in [-0.2, 0) is 4.79 Å². The molecule has 0 fully saturated rings. The Kier molecular flexibility index (Phi) is 3.42. The van der Waals surface area contributed by atoms with Gasteiger partial charge in [0.05, 0.1) is 5.54 Å². The molecule has 0 spiro atoms. The molecular formula is C6H14N2O. The van der Waals surface area contributed by atoms with Gasteiger partial charge in [0.25, 0.3) is 0 Å². The fourth-order valence-electron chi connectivity index (χ4n) is 0.453. The average molecular weight is 130 g/mol. The van der Waals surface area contributed by atoms with E-state index in [2.05, 4.69) is 5.32 Å². The molecule has 3 N–H and O–H groups in total. The molecule has 0 aromatic carbocycles. The second kappa shape index (κ2) is 3.58. The van der Waals surface area contributed by atoms with Crippen molar-refractivity contribution in [2.75, 3.05) is 13.6 Å². The van der Waals surface area contributed by atoms with Crippen molar-refractivity contribution < 1.29 is 4.79 Å². The lowest BCUT2D eigenvalue weighted by Gasteiger charge is -2.15. The van der Waals surface area contributed by atoms with Crippen LogP contribution in [0.25, 0.3) is 0 Å². The summed E-state index contributed by atoms with van der Waals surface area (Å²) < 4.78 is 0. The Morgan fingerprint density at radius 3 is 2.67 bits per heavy atom. The monoisotopic (exact) mass is 130 g/mol. The van der Waals surface area contributed by atoms with E-state index in [1.807, 2.05) is 7.05 Å². The van der Waals surface area contributed by atoms with Gasteiger partial charge in [-0.3, -0.25) is 0 Å². The molecule has 0 heterocycles. The predicted molar refractivity (Wildman–Crippen MR) is 37.2 cm³/mol. The molecule has 9 heavy (non-hydrogen) atoms. The van der Waals surface area contributed by atoms with Crippen molar-refractivity contribution in [3.63, 3.8) is 0 Å². The smallest absolute Gasteiger partial charge is 0.139 e. The number of hydrogen-bond acceptors (Lipinski definition) is 3. The number of aldehydes is 1. The van der Waals surface area contributed by atoms with Crippen LogP contribution in [0.5, 0.6) is 0 Å². The summed E-state index contributed by atoms with van der Waals surface area (Å²) in [4.78, 5) is 10.2. The standard InChI is InChI=1S/C6H14N2O/c1-6(7,5-9)3-4-8-2/h5,8H,3-4,7H2,1-2H3/t6-/m0/s1. The zero-order chi connectivity index (χ0) is 7.33. The first-order chi connectivity index (χ1) is 4.12. The maximum Gasteiger partial charge on any atom is 0.139 e. The summed E-state index contributed by atoms with van der Waals surface area (Å²) in [7, 11) is 1.83. The van der Waals surface area contributed by atoms with Crippen LogP contribution in [0.4, 0.5) is 0 Å². The van der Waals surface area contributed by atoms with Crippen LogP contribution in [0.3, 0.4) is 0 Å². The Balaban J connectivity index is 3.45. The first-order valence-corrected chi connectivity index (χ1v) is 3.02. The molecular weight excluding hydrogens is 116 g/mol. The molecule has 0 aromatic rings. The van der Waals surface area contributed by atoms with Gasteiger partial charge in [-0.2, -0.15) is 0 Å². The summed E-state index contributed by atoms with van der Waals surface area (Å²) >= 11 is 0. The van der Waals surface area contributed by atoms with Crippen LogP contribution in [0.15, 0.2) is 0 Å². The zero-order valence-electron chi connectivity index (χ0n) is 5.98. The van der Waals surface area contributed by atoms with Gasteiger partial charge in [-0.05, 0) is 26.9 Å². The number of nitrogens with two attached hydrogens (primary N) is 1. The summed E-state index contributed by atoms with van der Waals surface area (Å²) in [5, 5.41) is 2.92. The molecule has 0 aromatic heterocycles. The maximum atomic E-state index is 10.2. The van der Waals surface area contributed by atoms with Crippen molar-refractivity contribution in [2.24, 2.45) is 5.73 Å². The van der Waals surface area contributed by atoms with Crippen molar-refractivity contribution in [1.29, 1.82) is 0 Å². The minimum Gasteiger partial charge on any atom is -0.320 e. The van der Waals surface area contributed by atoms with Crippen LogP contribution in [0.1, 0.15) is 13.3 Å². The summed E-state index contributed by atoms with van der Waals surface area (Å²) in [5.74, 6) is 0. The fraction of sp³-hybridized carbons (Fsp3) is 0.833. The van der Waals surface area contributed by atoms with E-state index in [4.69, 9.17) is 5.73 Å². The predicted octanol–water partition coefficient (Wildman–Crippen LogP) is -0.488. The minimum atomic E-state index is -0.650. The Morgan fingerprint density at radius 1 is 1.78 bits per heavy atom. The van der Waals surface area contributed by atoms with E-state index in [9.17, 15) is 4.79 Å². The quantitative estimate of drug-likeness (QED) is 0.505. The van der Waals surface area contributed by atoms with Crippen LogP contribution < -0.4 is 11.1 Å². The summed E-state index contributed by atoms with van der Waals surface area (Å²) in [6.45, 7) is 2.50. The van der Waals surface area contributed by atoms with Crippen molar-refractivity contribution in [3.05, 3.63) is 0 Å². The topological polar surface area (TPSA) is 55.1 Å². The van der Waals surface area contributed by atoms with Crippen molar-refractivity contribution in [3.8, 4) is 0 Å². The SMILES string of the molecule is CNCC[C@](C)(N)C=O. The number of carbonyl (C=O) groups is 1. The molecule has 0 unspecified atom stereocenters. The van der Waals surface area contributed by atoms with Gasteiger partial charge in [-0.15, -0.1) is 0 Å². The molecule has 0 saturated carbocycles. The zero-order valence-corrected chi connectivity index (χ0v) is 5.98. The Hall–Kier alpha value is -0.410. The van der Waals surface area contributed by atoms with Crippen LogP contribution in [0.2, 0.25) is 0 Å². The highest BCUT2D eigenvalue weighted by Gasteiger charge is 2.14. The van der Waals surface area contributed by atoms with Crippen molar-refractivity contribution >= 4 is 6.29 Å². The Labute approximate surface area is 55.6 Å². The second-order valence-electron chi connectivity index (χ2n) is 2.48. The molecule has 3 nitrogen and oxygen atoms in total. The number of rotatable bonds is 4. The number of nitrogens with one attached hydrogen (secondary N) is 1. The lowest BCUT2D eigenvalue weighted by molar-refractivity contribution is -0.111. The van der Waals surface area contributed by atoms with Crippen LogP contribution >= 0.6 is 0 Å². The lowest BCUT2D eigenvalue weighted by Crippen LogP contribution is -2.40. The molecule has 0 radical (unpaired) electrons. The average Bonchev–Trinajstić information content (AvgIpc) is 1.84. The van der Waals surface area contributed by atoms with E-state index in [1.54, 1.807) is 6.92 Å². The summed E-state index contributed by atoms with van der Waals surface area (Å²) in [5.41, 5.74) is 4.84. The Morgan fingerprint density at radius 2 is 2.33 bits per heavy atom. The molecule has 1 atom stereocenters. The van der Waals surface area contributed by atoms with Gasteiger partial charge in [0.1, 0.15) is 6.29 Å². The number of carbonyl (C=O) groups excluding carboxylic acids is 1. The van der Waals surface area contributed by atoms with E-state index in [0.29, 0.717) is 6.42 Å². The first kappa shape index (κ1) is 8.59. The maximum absolute atomic E-state index is 10.2. The lowest BCUT2D eigenvalue weighted by atomic mass is 10.0. The highest BCUT2D eigenvalue weighted by molar-refractivity contribution is 5.62. The molecule has 54 valence electrons. The minimum absolute atomic E-state index is 0.650. The van der Waals surface area contributed by atoms with Gasteiger partial charge in [0.15, 0.2) is 0 Å². The highest BCUT2D eigenvalue weighted by Crippen LogP contribution is 1.98. The van der Waals surface area contributed by atoms with Gasteiger partial charge in [0, 0.05) is 0 Å². The first-order valence-electron chi connectivity index (χ1n) is 3.02. The molecule has 0 rings (SSSR count). The van der Waals surface area contributed by atoms with Gasteiger partial charge in [-0.1, -0.05) is 0 Å². The Bertz CT molecular complexity index is 91.1. The van der Waals surface area contributed by atoms with E-state index >= 15 is 0 Å². The van der Waals surface area contributed by atoms with Gasteiger partial charge in [0.2, 0.25) is 0 Å². The molecule has 3 heteroatoms. The van der Waals surface area contributed by atoms with E-state index in [0.717, 1.165) is 12.8 Å². The molecule has 0 bridgehead atoms. The molecule has 0 saturated heterocycles. The molecule has 0 aliphatic rings. The third-order valence-corrected chi connectivity index (χ3v) is 1.18. The van der Waals surface area contributed by atoms with Gasteiger partial charge >= 0.3 is 0 Å². The molecule has 0 aliphatic carbocycles. The van der Waals surface area contributed by atoms with Gasteiger partial charge < -0.3 is 15.8 Å². The number of hydrogen-bond donors (Lipinski definition) is 2. The van der Waals surface area contributed by atoms with Crippen molar-refractivity contribution in [2.45, 2.75) is 18.9 Å². The van der Waals surface area contributed by atoms with Crippen LogP contribution in [0, 0.1) is 0 Å². The summed E-state index contributed by atoms with van der Waals surface area (Å²) in [6.07, 6.45) is 1.47. The second-order valence-corrected chi connectivity index (χ2v) is 2.48.